The zero-order valence-electron chi connectivity index (χ0n) is 14.6. The lowest BCUT2D eigenvalue weighted by molar-refractivity contribution is 0.0599. The largest absolute Gasteiger partial charge is 0.473 e. The van der Waals surface area contributed by atoms with Crippen molar-refractivity contribution in [2.24, 2.45) is 0 Å². The number of methoxy groups -OCH3 is 2. The van der Waals surface area contributed by atoms with E-state index in [9.17, 15) is 4.79 Å². The fraction of sp³-hybridized carbons (Fsp3) is 0.263. The van der Waals surface area contributed by atoms with Crippen LogP contribution >= 0.6 is 0 Å². The number of fused-ring (bicyclic) bond motifs is 2. The molecule has 1 aliphatic heterocycles. The van der Waals surface area contributed by atoms with Gasteiger partial charge in [0.25, 0.3) is 0 Å². The molecule has 4 rings (SSSR count). The van der Waals surface area contributed by atoms with E-state index >= 15 is 0 Å². The van der Waals surface area contributed by atoms with Gasteiger partial charge in [0.2, 0.25) is 5.88 Å². The van der Waals surface area contributed by atoms with Gasteiger partial charge in [-0.1, -0.05) is 12.1 Å². The quantitative estimate of drug-likeness (QED) is 0.730. The summed E-state index contributed by atoms with van der Waals surface area (Å²) in [6, 6.07) is 11.3. The normalized spacial score (nSPS) is 16.7. The first-order chi connectivity index (χ1) is 12.7. The maximum Gasteiger partial charge on any atom is 0.339 e. The summed E-state index contributed by atoms with van der Waals surface area (Å²) in [6.45, 7) is 0.898. The molecule has 0 aliphatic carbocycles. The van der Waals surface area contributed by atoms with Crippen molar-refractivity contribution in [2.75, 3.05) is 32.3 Å². The maximum absolute atomic E-state index is 12.3. The van der Waals surface area contributed by atoms with Crippen LogP contribution in [0.1, 0.15) is 10.4 Å². The maximum atomic E-state index is 12.3. The smallest absolute Gasteiger partial charge is 0.339 e. The number of anilines is 2. The number of H-pyrrole nitrogens is 1. The van der Waals surface area contributed by atoms with Gasteiger partial charge in [-0.05, 0) is 24.3 Å². The average molecular weight is 353 g/mol. The molecular weight excluding hydrogens is 334 g/mol. The summed E-state index contributed by atoms with van der Waals surface area (Å²) in [5.41, 5.74) is 2.74. The number of carbonyl (C=O) groups excluding carboxylic acids is 1. The molecule has 0 saturated carbocycles. The van der Waals surface area contributed by atoms with Crippen LogP contribution in [0.2, 0.25) is 0 Å². The lowest BCUT2D eigenvalue weighted by Crippen LogP contribution is -2.32. The minimum Gasteiger partial charge on any atom is -0.473 e. The van der Waals surface area contributed by atoms with Gasteiger partial charge in [0.15, 0.2) is 0 Å². The van der Waals surface area contributed by atoms with E-state index in [1.807, 2.05) is 41.4 Å². The van der Waals surface area contributed by atoms with Gasteiger partial charge in [0.1, 0.15) is 24.0 Å². The van der Waals surface area contributed by atoms with E-state index in [1.165, 1.54) is 7.11 Å². The van der Waals surface area contributed by atoms with Gasteiger partial charge in [0.05, 0.1) is 24.9 Å². The Hall–Kier alpha value is -3.06. The Kier molecular flexibility index (Phi) is 4.22. The van der Waals surface area contributed by atoms with Crippen LogP contribution in [-0.2, 0) is 9.47 Å². The summed E-state index contributed by atoms with van der Waals surface area (Å²) < 4.78 is 16.4. The lowest BCUT2D eigenvalue weighted by Gasteiger charge is -2.27. The topological polar surface area (TPSA) is 76.7 Å². The minimum absolute atomic E-state index is 0.173. The predicted octanol–water partition coefficient (Wildman–Crippen LogP) is 2.90. The standard InChI is InChI=1S/C19H19N3O4/c1-24-13-10-22(15-6-4-3-5-14(15)19(23)25-2)16-9-12-7-8-20-17(12)21-18(16)26-11-13/h3-9,13H,10-11H2,1-2H3,(H,20,21). The van der Waals surface area contributed by atoms with Crippen molar-refractivity contribution in [3.05, 3.63) is 48.2 Å². The molecule has 0 amide bonds. The number of carbonyl (C=O) groups is 1. The summed E-state index contributed by atoms with van der Waals surface area (Å²) in [5.74, 6) is 0.108. The second-order valence-corrected chi connectivity index (χ2v) is 6.02. The highest BCUT2D eigenvalue weighted by molar-refractivity contribution is 5.97. The number of esters is 1. The molecule has 1 N–H and O–H groups in total. The summed E-state index contributed by atoms with van der Waals surface area (Å²) in [4.78, 5) is 21.9. The first-order valence-corrected chi connectivity index (χ1v) is 8.30. The van der Waals surface area contributed by atoms with E-state index in [1.54, 1.807) is 13.2 Å². The summed E-state index contributed by atoms with van der Waals surface area (Å²) in [6.07, 6.45) is 1.66. The number of para-hydroxylation sites is 1. The monoisotopic (exact) mass is 353 g/mol. The van der Waals surface area contributed by atoms with E-state index in [4.69, 9.17) is 14.2 Å². The second-order valence-electron chi connectivity index (χ2n) is 6.02. The van der Waals surface area contributed by atoms with E-state index < -0.39 is 5.97 Å². The fourth-order valence-corrected chi connectivity index (χ4v) is 3.14. The molecule has 3 heterocycles. The molecule has 7 nitrogen and oxygen atoms in total. The van der Waals surface area contributed by atoms with Crippen LogP contribution in [0.3, 0.4) is 0 Å². The van der Waals surface area contributed by atoms with Gasteiger partial charge < -0.3 is 24.1 Å². The predicted molar refractivity (Wildman–Crippen MR) is 97.2 cm³/mol. The molecule has 0 fully saturated rings. The van der Waals surface area contributed by atoms with E-state index in [2.05, 4.69) is 9.97 Å². The van der Waals surface area contributed by atoms with Crippen LogP contribution < -0.4 is 9.64 Å². The molecule has 3 aromatic rings. The van der Waals surface area contributed by atoms with E-state index in [0.29, 0.717) is 24.6 Å². The van der Waals surface area contributed by atoms with Gasteiger partial charge in [-0.2, -0.15) is 4.98 Å². The van der Waals surface area contributed by atoms with E-state index in [-0.39, 0.29) is 6.10 Å². The Labute approximate surface area is 150 Å². The van der Waals surface area contributed by atoms with Gasteiger partial charge in [0, 0.05) is 18.7 Å². The molecule has 0 radical (unpaired) electrons. The molecule has 1 unspecified atom stereocenters. The summed E-state index contributed by atoms with van der Waals surface area (Å²) >= 11 is 0. The van der Waals surface area contributed by atoms with Crippen LogP contribution in [-0.4, -0.2) is 49.4 Å². The first kappa shape index (κ1) is 16.4. The average Bonchev–Trinajstić information content (AvgIpc) is 3.06. The van der Waals surface area contributed by atoms with Crippen LogP contribution in [0, 0.1) is 0 Å². The van der Waals surface area contributed by atoms with Crippen molar-refractivity contribution in [1.29, 1.82) is 0 Å². The number of nitrogens with one attached hydrogen (secondary N) is 1. The number of hydrogen-bond donors (Lipinski definition) is 1. The van der Waals surface area contributed by atoms with Crippen molar-refractivity contribution in [3.8, 4) is 5.88 Å². The van der Waals surface area contributed by atoms with Crippen LogP contribution in [0.25, 0.3) is 11.0 Å². The Bertz CT molecular complexity index is 953. The molecule has 1 aromatic carbocycles. The van der Waals surface area contributed by atoms with Gasteiger partial charge >= 0.3 is 5.97 Å². The molecule has 1 aliphatic rings. The highest BCUT2D eigenvalue weighted by Crippen LogP contribution is 2.38. The first-order valence-electron chi connectivity index (χ1n) is 8.30. The Balaban J connectivity index is 1.90. The zero-order valence-corrected chi connectivity index (χ0v) is 14.6. The number of rotatable bonds is 3. The Morgan fingerprint density at radius 2 is 2.12 bits per heavy atom. The van der Waals surface area contributed by atoms with Crippen LogP contribution in [0.4, 0.5) is 11.4 Å². The number of nitrogens with zero attached hydrogens (tertiary/aromatic N) is 2. The number of benzene rings is 1. The number of hydrogen-bond acceptors (Lipinski definition) is 6. The lowest BCUT2D eigenvalue weighted by atomic mass is 10.1. The molecule has 2 aromatic heterocycles. The van der Waals surface area contributed by atoms with Crippen molar-refractivity contribution in [1.82, 2.24) is 9.97 Å². The highest BCUT2D eigenvalue weighted by atomic mass is 16.5. The highest BCUT2D eigenvalue weighted by Gasteiger charge is 2.28. The molecule has 0 spiro atoms. The molecule has 26 heavy (non-hydrogen) atoms. The van der Waals surface area contributed by atoms with Crippen LogP contribution in [0.15, 0.2) is 42.6 Å². The molecule has 7 heteroatoms. The van der Waals surface area contributed by atoms with Crippen molar-refractivity contribution >= 4 is 28.4 Å². The van der Waals surface area contributed by atoms with Crippen LogP contribution in [0.5, 0.6) is 5.88 Å². The SMILES string of the molecule is COC(=O)c1ccccc1N1CC(OC)COc2nc3[nH]ccc3cc21. The molecular formula is C19H19N3O4. The van der Waals surface area contributed by atoms with Gasteiger partial charge in [-0.25, -0.2) is 4.79 Å². The molecule has 134 valence electrons. The molecule has 1 atom stereocenters. The zero-order chi connectivity index (χ0) is 18.1. The molecule has 0 bridgehead atoms. The van der Waals surface area contributed by atoms with Gasteiger partial charge in [-0.3, -0.25) is 0 Å². The van der Waals surface area contributed by atoms with Crippen molar-refractivity contribution < 1.29 is 19.0 Å². The summed E-state index contributed by atoms with van der Waals surface area (Å²) in [5, 5.41) is 0.962. The third-order valence-electron chi connectivity index (χ3n) is 4.50. The number of pyridine rings is 1. The van der Waals surface area contributed by atoms with Crippen molar-refractivity contribution in [2.45, 2.75) is 6.10 Å². The number of aromatic amines is 1. The molecule has 0 saturated heterocycles. The third kappa shape index (κ3) is 2.76. The summed E-state index contributed by atoms with van der Waals surface area (Å²) in [7, 11) is 3.02. The second kappa shape index (κ2) is 6.68. The third-order valence-corrected chi connectivity index (χ3v) is 4.50. The Morgan fingerprint density at radius 1 is 1.27 bits per heavy atom. The fourth-order valence-electron chi connectivity index (χ4n) is 3.14. The van der Waals surface area contributed by atoms with E-state index in [0.717, 1.165) is 22.4 Å². The minimum atomic E-state index is -0.392. The Morgan fingerprint density at radius 3 is 2.92 bits per heavy atom. The number of aromatic nitrogens is 2. The van der Waals surface area contributed by atoms with Gasteiger partial charge in [-0.15, -0.1) is 0 Å². The van der Waals surface area contributed by atoms with Crippen molar-refractivity contribution in [3.63, 3.8) is 0 Å². The number of ether oxygens (including phenoxy) is 3.